The number of phosphoric ester groups is 2. The van der Waals surface area contributed by atoms with Crippen LogP contribution in [0, 0.1) is 5.92 Å². The van der Waals surface area contributed by atoms with Crippen LogP contribution >= 0.6 is 15.6 Å². The van der Waals surface area contributed by atoms with Crippen molar-refractivity contribution >= 4 is 33.4 Å². The molecule has 16 nitrogen and oxygen atoms in total. The third kappa shape index (κ3) is 27.4. The first-order valence-corrected chi connectivity index (χ1v) is 18.4. The molecule has 0 heterocycles. The lowest BCUT2D eigenvalue weighted by atomic mass is 10.1. The first-order valence-electron chi connectivity index (χ1n) is 15.4. The van der Waals surface area contributed by atoms with E-state index in [1.807, 2.05) is 13.8 Å². The summed E-state index contributed by atoms with van der Waals surface area (Å²) in [7, 11) is -8.31. The minimum atomic E-state index is -4.21. The van der Waals surface area contributed by atoms with E-state index >= 15 is 0 Å². The number of phosphoric acid groups is 2. The van der Waals surface area contributed by atoms with Crippen LogP contribution in [0.4, 0.5) is 0 Å². The molecular weight excluding hydrogens is 636 g/mol. The molecule has 0 aliphatic heterocycles. The number of carbonyl (C=O) groups is 3. The van der Waals surface area contributed by atoms with Crippen LogP contribution in [0.25, 0.3) is 0 Å². The number of rotatable bonds is 29. The van der Waals surface area contributed by atoms with E-state index in [4.69, 9.17) is 27.6 Å². The van der Waals surface area contributed by atoms with Gasteiger partial charge in [-0.15, -0.1) is 0 Å². The van der Waals surface area contributed by atoms with Gasteiger partial charge in [0.25, 0.3) is 0 Å². The van der Waals surface area contributed by atoms with Gasteiger partial charge < -0.3 is 35.2 Å². The third-order valence-corrected chi connectivity index (χ3v) is 7.96. The summed E-state index contributed by atoms with van der Waals surface area (Å²) >= 11 is 0. The van der Waals surface area contributed by atoms with Gasteiger partial charge in [0.2, 0.25) is 17.7 Å². The second kappa shape index (κ2) is 25.6. The summed E-state index contributed by atoms with van der Waals surface area (Å²) in [6.45, 7) is 9.35. The van der Waals surface area contributed by atoms with Gasteiger partial charge in [0, 0.05) is 25.9 Å². The van der Waals surface area contributed by atoms with E-state index in [-0.39, 0.29) is 69.9 Å². The predicted molar refractivity (Wildman–Crippen MR) is 166 cm³/mol. The van der Waals surface area contributed by atoms with Crippen molar-refractivity contribution in [3.63, 3.8) is 0 Å². The van der Waals surface area contributed by atoms with Gasteiger partial charge in [0.05, 0.1) is 52.4 Å². The lowest BCUT2D eigenvalue weighted by Crippen LogP contribution is -2.46. The number of amides is 3. The van der Waals surface area contributed by atoms with Crippen molar-refractivity contribution in [1.29, 1.82) is 0 Å². The van der Waals surface area contributed by atoms with Crippen LogP contribution in [0.2, 0.25) is 0 Å². The Bertz CT molecular complexity index is 924. The summed E-state index contributed by atoms with van der Waals surface area (Å²) < 4.78 is 53.2. The molecule has 0 bridgehead atoms. The molecule has 0 aromatic carbocycles. The molecule has 0 aliphatic rings. The highest BCUT2D eigenvalue weighted by molar-refractivity contribution is 7.47. The molecule has 0 rings (SSSR count). The van der Waals surface area contributed by atoms with E-state index in [2.05, 4.69) is 16.0 Å². The maximum atomic E-state index is 12.5. The van der Waals surface area contributed by atoms with Crippen molar-refractivity contribution in [2.75, 3.05) is 59.3 Å². The van der Waals surface area contributed by atoms with E-state index in [9.17, 15) is 33.3 Å². The SMILES string of the molecule is CC(=O)N[C@@H](CCCCNC(=O)C(C)C)C(=O)NCCCCCCOP(=O)(O)OCCOCCOCCOP(=O)(O)OC(C)C. The molecular formula is C27H55N3O13P2. The van der Waals surface area contributed by atoms with Crippen LogP contribution in [0.5, 0.6) is 0 Å². The van der Waals surface area contributed by atoms with Crippen molar-refractivity contribution in [2.24, 2.45) is 5.92 Å². The van der Waals surface area contributed by atoms with Gasteiger partial charge in [-0.3, -0.25) is 32.5 Å². The lowest BCUT2D eigenvalue weighted by Gasteiger charge is -2.18. The zero-order chi connectivity index (χ0) is 34.1. The molecule has 0 aliphatic carbocycles. The molecule has 0 saturated heterocycles. The molecule has 0 fully saturated rings. The Hall–Kier alpha value is -1.45. The molecule has 0 spiro atoms. The second-order valence-corrected chi connectivity index (χ2v) is 13.6. The first kappa shape index (κ1) is 43.5. The Kier molecular flexibility index (Phi) is 24.8. The van der Waals surface area contributed by atoms with Crippen molar-refractivity contribution in [3.05, 3.63) is 0 Å². The smallest absolute Gasteiger partial charge is 0.377 e. The summed E-state index contributed by atoms with van der Waals surface area (Å²) in [5.41, 5.74) is 0. The number of nitrogens with one attached hydrogen (secondary N) is 3. The molecule has 3 atom stereocenters. The fourth-order valence-corrected chi connectivity index (χ4v) is 5.22. The number of unbranched alkanes of at least 4 members (excludes halogenated alkanes) is 4. The third-order valence-electron chi connectivity index (χ3n) is 5.74. The van der Waals surface area contributed by atoms with E-state index in [1.165, 1.54) is 6.92 Å². The zero-order valence-corrected chi connectivity index (χ0v) is 29.1. The quantitative estimate of drug-likeness (QED) is 0.0564. The van der Waals surface area contributed by atoms with Crippen LogP contribution < -0.4 is 16.0 Å². The van der Waals surface area contributed by atoms with E-state index in [1.54, 1.807) is 13.8 Å². The van der Waals surface area contributed by atoms with Crippen LogP contribution in [-0.2, 0) is 51.1 Å². The minimum absolute atomic E-state index is 0.0181. The van der Waals surface area contributed by atoms with E-state index in [0.717, 1.165) is 6.42 Å². The Morgan fingerprint density at radius 2 is 1.13 bits per heavy atom. The molecule has 3 amide bonds. The number of carbonyl (C=O) groups excluding carboxylic acids is 3. The van der Waals surface area contributed by atoms with Crippen LogP contribution in [0.1, 0.15) is 79.6 Å². The summed E-state index contributed by atoms with van der Waals surface area (Å²) in [5, 5.41) is 8.33. The summed E-state index contributed by atoms with van der Waals surface area (Å²) in [4.78, 5) is 54.8. The maximum absolute atomic E-state index is 12.5. The van der Waals surface area contributed by atoms with Gasteiger partial charge in [-0.2, -0.15) is 0 Å². The average Bonchev–Trinajstić information content (AvgIpc) is 2.93. The van der Waals surface area contributed by atoms with Gasteiger partial charge in [0.15, 0.2) is 0 Å². The van der Waals surface area contributed by atoms with Gasteiger partial charge in [0.1, 0.15) is 6.04 Å². The summed E-state index contributed by atoms with van der Waals surface area (Å²) in [6, 6.07) is -0.639. The van der Waals surface area contributed by atoms with Crippen LogP contribution in [-0.4, -0.2) is 99.0 Å². The number of hydrogen-bond donors (Lipinski definition) is 5. The first-order chi connectivity index (χ1) is 21.1. The van der Waals surface area contributed by atoms with Crippen LogP contribution in [0.3, 0.4) is 0 Å². The van der Waals surface area contributed by atoms with Crippen molar-refractivity contribution in [2.45, 2.75) is 91.7 Å². The lowest BCUT2D eigenvalue weighted by molar-refractivity contribution is -0.128. The van der Waals surface area contributed by atoms with Crippen molar-refractivity contribution in [3.8, 4) is 0 Å². The highest BCUT2D eigenvalue weighted by atomic mass is 31.2. The molecule has 5 N–H and O–H groups in total. The fourth-order valence-electron chi connectivity index (χ4n) is 3.58. The molecule has 0 aromatic heterocycles. The van der Waals surface area contributed by atoms with Gasteiger partial charge >= 0.3 is 15.6 Å². The number of hydrogen-bond acceptors (Lipinski definition) is 11. The highest BCUT2D eigenvalue weighted by Gasteiger charge is 2.23. The van der Waals surface area contributed by atoms with Crippen molar-refractivity contribution in [1.82, 2.24) is 16.0 Å². The Labute approximate surface area is 267 Å². The highest BCUT2D eigenvalue weighted by Crippen LogP contribution is 2.44. The van der Waals surface area contributed by atoms with E-state index < -0.39 is 27.8 Å². The molecule has 45 heavy (non-hydrogen) atoms. The standard InChI is InChI=1S/C27H55N3O13P2/c1-22(2)26(32)28-14-10-8-12-25(30-24(5)31)27(33)29-13-9-6-7-11-15-40-44(34,35)41-20-18-38-16-17-39-19-21-42-45(36,37)43-23(3)4/h22-23,25H,6-21H2,1-5H3,(H,28,32)(H,29,33)(H,30,31)(H,34,35)(H,36,37)/t25-/m0/s1. The molecule has 266 valence electrons. The normalized spacial score (nSPS) is 15.0. The van der Waals surface area contributed by atoms with Gasteiger partial charge in [-0.1, -0.05) is 26.7 Å². The Morgan fingerprint density at radius 1 is 0.644 bits per heavy atom. The largest absolute Gasteiger partial charge is 0.472 e. The molecule has 0 radical (unpaired) electrons. The summed E-state index contributed by atoms with van der Waals surface area (Å²) in [5.74, 6) is -0.649. The molecule has 18 heteroatoms. The predicted octanol–water partition coefficient (Wildman–Crippen LogP) is 2.82. The Morgan fingerprint density at radius 3 is 1.69 bits per heavy atom. The minimum Gasteiger partial charge on any atom is -0.377 e. The second-order valence-electron chi connectivity index (χ2n) is 10.7. The summed E-state index contributed by atoms with van der Waals surface area (Å²) in [6.07, 6.45) is 4.07. The number of ether oxygens (including phenoxy) is 2. The van der Waals surface area contributed by atoms with Gasteiger partial charge in [-0.05, 0) is 46.0 Å². The zero-order valence-electron chi connectivity index (χ0n) is 27.3. The Balaban J connectivity index is 3.85. The van der Waals surface area contributed by atoms with E-state index in [0.29, 0.717) is 51.6 Å². The molecule has 0 saturated carbocycles. The van der Waals surface area contributed by atoms with Crippen molar-refractivity contribution < 1.29 is 60.9 Å². The average molecular weight is 692 g/mol. The monoisotopic (exact) mass is 691 g/mol. The fraction of sp³-hybridized carbons (Fsp3) is 0.889. The van der Waals surface area contributed by atoms with Gasteiger partial charge in [-0.25, -0.2) is 9.13 Å². The molecule has 2 unspecified atom stereocenters. The molecule has 0 aromatic rings. The van der Waals surface area contributed by atoms with Crippen LogP contribution in [0.15, 0.2) is 0 Å². The topological polar surface area (TPSA) is 217 Å². The maximum Gasteiger partial charge on any atom is 0.472 e.